The summed E-state index contributed by atoms with van der Waals surface area (Å²) in [7, 11) is 1.23. The zero-order chi connectivity index (χ0) is 15.6. The number of carboxylic acids is 1. The van der Waals surface area contributed by atoms with E-state index in [1.807, 2.05) is 0 Å². The zero-order valence-corrected chi connectivity index (χ0v) is 11.8. The standard InChI is InChI=1S/C12H12N2O6S/c1-20-10-7(3-2-4-8(10)14(18)19)11(15)13-6-21-5-9(13)12(16)17/h2-4,9H,5-6H2,1H3,(H,16,17). The van der Waals surface area contributed by atoms with Crippen LogP contribution in [0.4, 0.5) is 5.69 Å². The van der Waals surface area contributed by atoms with Gasteiger partial charge in [0.25, 0.3) is 5.91 Å². The minimum atomic E-state index is -1.10. The number of carboxylic acid groups (broad SMARTS) is 1. The van der Waals surface area contributed by atoms with Crippen molar-refractivity contribution in [2.75, 3.05) is 18.7 Å². The first-order valence-electron chi connectivity index (χ1n) is 5.90. The van der Waals surface area contributed by atoms with Crippen LogP contribution in [-0.4, -0.2) is 51.6 Å². The molecule has 1 amide bonds. The number of nitro groups is 1. The lowest BCUT2D eigenvalue weighted by Crippen LogP contribution is -2.41. The number of ether oxygens (including phenoxy) is 1. The Morgan fingerprint density at radius 1 is 1.52 bits per heavy atom. The van der Waals surface area contributed by atoms with E-state index in [4.69, 9.17) is 9.84 Å². The first kappa shape index (κ1) is 15.1. The molecular formula is C12H12N2O6S. The number of benzene rings is 1. The van der Waals surface area contributed by atoms with Crippen molar-refractivity contribution in [3.63, 3.8) is 0 Å². The molecule has 0 radical (unpaired) electrons. The summed E-state index contributed by atoms with van der Waals surface area (Å²) >= 11 is 1.32. The number of aliphatic carboxylic acids is 1. The lowest BCUT2D eigenvalue weighted by atomic mass is 10.1. The van der Waals surface area contributed by atoms with Crippen molar-refractivity contribution in [1.82, 2.24) is 4.90 Å². The molecule has 1 fully saturated rings. The van der Waals surface area contributed by atoms with Crippen LogP contribution in [0, 0.1) is 10.1 Å². The molecule has 0 spiro atoms. The quantitative estimate of drug-likeness (QED) is 0.657. The lowest BCUT2D eigenvalue weighted by molar-refractivity contribution is -0.385. The molecular weight excluding hydrogens is 300 g/mol. The van der Waals surface area contributed by atoms with E-state index >= 15 is 0 Å². The van der Waals surface area contributed by atoms with Crippen LogP contribution in [0.2, 0.25) is 0 Å². The molecule has 1 aliphatic rings. The number of carbonyl (C=O) groups excluding carboxylic acids is 1. The van der Waals surface area contributed by atoms with Crippen molar-refractivity contribution in [3.8, 4) is 5.75 Å². The highest BCUT2D eigenvalue weighted by molar-refractivity contribution is 7.99. The van der Waals surface area contributed by atoms with Crippen LogP contribution >= 0.6 is 11.8 Å². The number of carbonyl (C=O) groups is 2. The minimum absolute atomic E-state index is 0.0135. The number of para-hydroxylation sites is 1. The Morgan fingerprint density at radius 3 is 2.81 bits per heavy atom. The summed E-state index contributed by atoms with van der Waals surface area (Å²) < 4.78 is 4.97. The summed E-state index contributed by atoms with van der Waals surface area (Å²) in [4.78, 5) is 35.1. The SMILES string of the molecule is COc1c(C(=O)N2CSCC2C(=O)O)cccc1[N+](=O)[O-]. The first-order valence-corrected chi connectivity index (χ1v) is 7.05. The minimum Gasteiger partial charge on any atom is -0.490 e. The average Bonchev–Trinajstić information content (AvgIpc) is 2.95. The molecule has 21 heavy (non-hydrogen) atoms. The maximum Gasteiger partial charge on any atom is 0.327 e. The average molecular weight is 312 g/mol. The van der Waals surface area contributed by atoms with Crippen LogP contribution in [0.5, 0.6) is 5.75 Å². The van der Waals surface area contributed by atoms with Gasteiger partial charge in [0.1, 0.15) is 6.04 Å². The van der Waals surface area contributed by atoms with Crippen molar-refractivity contribution in [3.05, 3.63) is 33.9 Å². The molecule has 1 aromatic carbocycles. The second-order valence-electron chi connectivity index (χ2n) is 4.24. The number of amides is 1. The second-order valence-corrected chi connectivity index (χ2v) is 5.24. The third-order valence-electron chi connectivity index (χ3n) is 3.05. The van der Waals surface area contributed by atoms with Gasteiger partial charge < -0.3 is 14.7 Å². The maximum absolute atomic E-state index is 12.5. The number of hydrogen-bond donors (Lipinski definition) is 1. The van der Waals surface area contributed by atoms with E-state index in [-0.39, 0.29) is 28.6 Å². The summed E-state index contributed by atoms with van der Waals surface area (Å²) in [6, 6.07) is 3.04. The third-order valence-corrected chi connectivity index (χ3v) is 4.07. The van der Waals surface area contributed by atoms with Gasteiger partial charge in [-0.2, -0.15) is 0 Å². The molecule has 0 aromatic heterocycles. The van der Waals surface area contributed by atoms with Gasteiger partial charge in [0.05, 0.1) is 23.5 Å². The van der Waals surface area contributed by atoms with Gasteiger partial charge in [0, 0.05) is 11.8 Å². The molecule has 8 nitrogen and oxygen atoms in total. The number of nitrogens with zero attached hydrogens (tertiary/aromatic N) is 2. The zero-order valence-electron chi connectivity index (χ0n) is 11.0. The fourth-order valence-electron chi connectivity index (χ4n) is 2.05. The Kier molecular flexibility index (Phi) is 4.32. The summed E-state index contributed by atoms with van der Waals surface area (Å²) in [5, 5.41) is 20.1. The first-order chi connectivity index (χ1) is 9.97. The topological polar surface area (TPSA) is 110 Å². The maximum atomic E-state index is 12.5. The normalized spacial score (nSPS) is 17.6. The number of nitro benzene ring substituents is 1. The van der Waals surface area contributed by atoms with Crippen LogP contribution in [0.1, 0.15) is 10.4 Å². The van der Waals surface area contributed by atoms with E-state index in [2.05, 4.69) is 0 Å². The number of hydrogen-bond acceptors (Lipinski definition) is 6. The molecule has 1 saturated heterocycles. The number of thioether (sulfide) groups is 1. The molecule has 1 N–H and O–H groups in total. The summed E-state index contributed by atoms with van der Waals surface area (Å²) in [5.74, 6) is -1.33. The molecule has 0 saturated carbocycles. The fraction of sp³-hybridized carbons (Fsp3) is 0.333. The molecule has 1 unspecified atom stereocenters. The Balaban J connectivity index is 2.42. The van der Waals surface area contributed by atoms with Crippen molar-refractivity contribution in [2.24, 2.45) is 0 Å². The molecule has 1 heterocycles. The van der Waals surface area contributed by atoms with Gasteiger partial charge in [-0.15, -0.1) is 11.8 Å². The van der Waals surface area contributed by atoms with Crippen LogP contribution in [-0.2, 0) is 4.79 Å². The summed E-state index contributed by atoms with van der Waals surface area (Å²) in [5.41, 5.74) is -0.345. The molecule has 112 valence electrons. The fourth-order valence-corrected chi connectivity index (χ4v) is 3.20. The Labute approximate surface area is 123 Å². The highest BCUT2D eigenvalue weighted by atomic mass is 32.2. The summed E-state index contributed by atoms with van der Waals surface area (Å²) in [6.45, 7) is 0. The predicted octanol–water partition coefficient (Wildman–Crippen LogP) is 1.20. The van der Waals surface area contributed by atoms with Gasteiger partial charge in [-0.25, -0.2) is 4.79 Å². The Bertz CT molecular complexity index is 605. The van der Waals surface area contributed by atoms with Crippen molar-refractivity contribution in [2.45, 2.75) is 6.04 Å². The van der Waals surface area contributed by atoms with Crippen LogP contribution in [0.25, 0.3) is 0 Å². The number of rotatable bonds is 4. The van der Waals surface area contributed by atoms with Crippen LogP contribution in [0.3, 0.4) is 0 Å². The molecule has 1 aromatic rings. The van der Waals surface area contributed by atoms with E-state index in [1.54, 1.807) is 0 Å². The van der Waals surface area contributed by atoms with Gasteiger partial charge in [0.2, 0.25) is 5.75 Å². The molecule has 9 heteroatoms. The lowest BCUT2D eigenvalue weighted by Gasteiger charge is -2.21. The van der Waals surface area contributed by atoms with Gasteiger partial charge in [-0.05, 0) is 6.07 Å². The van der Waals surface area contributed by atoms with Crippen molar-refractivity contribution >= 4 is 29.3 Å². The molecule has 0 bridgehead atoms. The van der Waals surface area contributed by atoms with Crippen molar-refractivity contribution in [1.29, 1.82) is 0 Å². The number of methoxy groups -OCH3 is 1. The Hall–Kier alpha value is -2.29. The van der Waals surface area contributed by atoms with Crippen LogP contribution in [0.15, 0.2) is 18.2 Å². The Morgan fingerprint density at radius 2 is 2.24 bits per heavy atom. The smallest absolute Gasteiger partial charge is 0.327 e. The largest absolute Gasteiger partial charge is 0.490 e. The van der Waals surface area contributed by atoms with E-state index in [0.29, 0.717) is 0 Å². The highest BCUT2D eigenvalue weighted by Gasteiger charge is 2.37. The van der Waals surface area contributed by atoms with Gasteiger partial charge in [-0.3, -0.25) is 14.9 Å². The third kappa shape index (κ3) is 2.77. The van der Waals surface area contributed by atoms with Crippen LogP contribution < -0.4 is 4.74 Å². The molecule has 2 rings (SSSR count). The van der Waals surface area contributed by atoms with E-state index < -0.39 is 22.8 Å². The van der Waals surface area contributed by atoms with Gasteiger partial charge in [-0.1, -0.05) is 6.07 Å². The van der Waals surface area contributed by atoms with E-state index in [1.165, 1.54) is 42.0 Å². The predicted molar refractivity (Wildman–Crippen MR) is 74.6 cm³/mol. The molecule has 1 atom stereocenters. The van der Waals surface area contributed by atoms with Gasteiger partial charge >= 0.3 is 11.7 Å². The van der Waals surface area contributed by atoms with E-state index in [9.17, 15) is 19.7 Å². The highest BCUT2D eigenvalue weighted by Crippen LogP contribution is 2.33. The van der Waals surface area contributed by atoms with Gasteiger partial charge in [0.15, 0.2) is 0 Å². The van der Waals surface area contributed by atoms with Crippen molar-refractivity contribution < 1.29 is 24.4 Å². The monoisotopic (exact) mass is 312 g/mol. The van der Waals surface area contributed by atoms with E-state index in [0.717, 1.165) is 0 Å². The molecule has 1 aliphatic heterocycles. The second kappa shape index (κ2) is 6.00. The summed E-state index contributed by atoms with van der Waals surface area (Å²) in [6.07, 6.45) is 0. The molecule has 0 aliphatic carbocycles.